The topological polar surface area (TPSA) is 57.3 Å². The molecule has 0 aromatic heterocycles. The van der Waals surface area contributed by atoms with Gasteiger partial charge >= 0.3 is 0 Å². The molecule has 1 aliphatic carbocycles. The first-order valence-electron chi connectivity index (χ1n) is 28.5. The molecule has 5 heteroatoms. The van der Waals surface area contributed by atoms with Crippen molar-refractivity contribution in [1.29, 1.82) is 10.5 Å². The maximum Gasteiger partial charge on any atom is 0.0992 e. The molecule has 0 bridgehead atoms. The average Bonchev–Trinajstić information content (AvgIpc) is 3.71. The summed E-state index contributed by atoms with van der Waals surface area (Å²) in [5, 5.41) is 23.4. The van der Waals surface area contributed by atoms with E-state index in [2.05, 4.69) is 283 Å². The second-order valence-corrected chi connectivity index (χ2v) is 20.5. The fourth-order valence-electron chi connectivity index (χ4n) is 9.21. The van der Waals surface area contributed by atoms with Gasteiger partial charge in [0.2, 0.25) is 0 Å². The number of aryl methyl sites for hydroxylation is 3. The summed E-state index contributed by atoms with van der Waals surface area (Å²) in [7, 11) is 4.03. The molecular weight excluding hydrogens is 1020 g/mol. The molecule has 0 fully saturated rings. The molecule has 0 atom stereocenters. The Hall–Kier alpha value is -10.1. The molecule has 0 N–H and O–H groups in total. The van der Waals surface area contributed by atoms with Crippen molar-refractivity contribution in [1.82, 2.24) is 0 Å². The largest absolute Gasteiger partial charge is 0.345 e. The second-order valence-electron chi connectivity index (χ2n) is 20.5. The lowest BCUT2D eigenvalue weighted by molar-refractivity contribution is 0.866. The van der Waals surface area contributed by atoms with Crippen LogP contribution in [0.4, 0.5) is 22.7 Å². The minimum absolute atomic E-state index is 0.550. The highest BCUT2D eigenvalue weighted by Crippen LogP contribution is 2.30. The number of fused-ring (bicyclic) bond motifs is 2. The summed E-state index contributed by atoms with van der Waals surface area (Å²) in [5.41, 5.74) is 15.3. The third-order valence-corrected chi connectivity index (χ3v) is 14.0. The van der Waals surface area contributed by atoms with Gasteiger partial charge in [0.25, 0.3) is 0 Å². The van der Waals surface area contributed by atoms with Crippen LogP contribution in [-0.4, -0.2) is 14.1 Å². The van der Waals surface area contributed by atoms with Crippen molar-refractivity contribution < 1.29 is 0 Å². The van der Waals surface area contributed by atoms with E-state index in [9.17, 15) is 5.26 Å². The van der Waals surface area contributed by atoms with Gasteiger partial charge in [0.05, 0.1) is 23.3 Å². The number of terminal acetylenes is 1. The zero-order chi connectivity index (χ0) is 60.6. The number of rotatable bonds is 13. The van der Waals surface area contributed by atoms with Crippen molar-refractivity contribution in [2.45, 2.75) is 73.1 Å². The molecule has 5 nitrogen and oxygen atoms in total. The van der Waals surface area contributed by atoms with Crippen LogP contribution in [0, 0.1) is 56.3 Å². The van der Waals surface area contributed by atoms with Gasteiger partial charge in [-0.15, -0.1) is 12.8 Å². The number of anilines is 4. The Bertz CT molecular complexity index is 3670. The van der Waals surface area contributed by atoms with E-state index in [0.717, 1.165) is 65.5 Å². The van der Waals surface area contributed by atoms with Crippen LogP contribution >= 0.6 is 0 Å². The number of likely N-dealkylation sites (N-methyl/N-ethyl adjacent to an activating group) is 1. The quantitative estimate of drug-likeness (QED) is 0.0851. The SMILES string of the molecule is C#C.C=C/C=C\c1ccc(N(/C(C)=C/C/C=C(\C=C)N(C)c2cccc(C#N)c2)C2=C/C/C=C\C=C/CC/C=C\2)cc1C.CC(C)c1ccc(N(C)c2ccc(C#N)cc2)cc1.Cc1ccc2ccccc2c1.Cc1ccc2ccccc2c1. The van der Waals surface area contributed by atoms with E-state index in [1.165, 1.54) is 49.4 Å². The Balaban J connectivity index is 0.000000242. The first-order chi connectivity index (χ1) is 40.8. The molecular formula is C79H81N5. The Morgan fingerprint density at radius 3 is 1.74 bits per heavy atom. The van der Waals surface area contributed by atoms with E-state index in [1.54, 1.807) is 6.08 Å². The summed E-state index contributed by atoms with van der Waals surface area (Å²) in [5.74, 6) is 0.550. The molecule has 0 heterocycles. The Morgan fingerprint density at radius 1 is 0.595 bits per heavy atom. The molecule has 0 spiro atoms. The van der Waals surface area contributed by atoms with Crippen LogP contribution in [0.2, 0.25) is 0 Å². The number of hydrogen-bond donors (Lipinski definition) is 0. The monoisotopic (exact) mass is 1100 g/mol. The smallest absolute Gasteiger partial charge is 0.0992 e. The van der Waals surface area contributed by atoms with Crippen molar-refractivity contribution in [3.63, 3.8) is 0 Å². The first kappa shape index (κ1) is 64.7. The zero-order valence-corrected chi connectivity index (χ0v) is 50.5. The van der Waals surface area contributed by atoms with Gasteiger partial charge in [0.1, 0.15) is 0 Å². The number of nitriles is 2. The van der Waals surface area contributed by atoms with E-state index in [4.69, 9.17) is 5.26 Å². The molecule has 422 valence electrons. The van der Waals surface area contributed by atoms with E-state index < -0.39 is 0 Å². The fourth-order valence-corrected chi connectivity index (χ4v) is 9.21. The number of hydrogen-bond acceptors (Lipinski definition) is 5. The predicted octanol–water partition coefficient (Wildman–Crippen LogP) is 21.1. The lowest BCUT2D eigenvalue weighted by Gasteiger charge is -2.28. The summed E-state index contributed by atoms with van der Waals surface area (Å²) in [6.45, 7) is 20.8. The third kappa shape index (κ3) is 20.1. The van der Waals surface area contributed by atoms with Crippen LogP contribution in [0.3, 0.4) is 0 Å². The van der Waals surface area contributed by atoms with Crippen LogP contribution < -0.4 is 14.7 Å². The van der Waals surface area contributed by atoms with Gasteiger partial charge in [-0.25, -0.2) is 0 Å². The van der Waals surface area contributed by atoms with Crippen molar-refractivity contribution in [3.05, 3.63) is 318 Å². The number of allylic oxidation sites excluding steroid dienone is 13. The highest BCUT2D eigenvalue weighted by molar-refractivity contribution is 5.83. The maximum absolute atomic E-state index is 9.30. The summed E-state index contributed by atoms with van der Waals surface area (Å²) < 4.78 is 0. The normalized spacial score (nSPS) is 13.8. The molecule has 0 amide bonds. The van der Waals surface area contributed by atoms with Gasteiger partial charge < -0.3 is 14.7 Å². The summed E-state index contributed by atoms with van der Waals surface area (Å²) in [6.07, 6.45) is 39.2. The van der Waals surface area contributed by atoms with Crippen LogP contribution in [0.1, 0.15) is 91.3 Å². The minimum Gasteiger partial charge on any atom is -0.345 e. The molecule has 0 unspecified atom stereocenters. The van der Waals surface area contributed by atoms with Crippen molar-refractivity contribution in [2.24, 2.45) is 0 Å². The molecule has 0 radical (unpaired) electrons. The van der Waals surface area contributed by atoms with Crippen LogP contribution in [0.5, 0.6) is 0 Å². The zero-order valence-electron chi connectivity index (χ0n) is 50.5. The maximum atomic E-state index is 9.30. The van der Waals surface area contributed by atoms with E-state index in [0.29, 0.717) is 17.0 Å². The standard InChI is InChI=1S/C38H41N3.C17H18N2.2C11H10.C2H2/c1-6-8-21-34-26-27-38(28-31(34)3)41(36-22-15-13-11-9-10-12-14-16-23-36)32(4)19-17-24-35(7-2)40(5)37-25-18-20-33(29-37)30-39;1-13(2)15-6-10-17(11-7-15)19(3)16-8-4-14(12-18)5-9-16;2*1-9-6-7-10-4-2-3-5-11(10)8-9;1-2/h6-11,13,16,18-29H,1-2,12,14-15,17H2,3-5H3;4-11,13H,1-3H3;2*2-8H,1H3;1-2H/b10-9-,13-11-,21-8-,23-16-,32-19+,35-24+,36-22+;;;;. The molecule has 0 saturated carbocycles. The molecule has 1 aliphatic rings. The van der Waals surface area contributed by atoms with Gasteiger partial charge in [-0.2, -0.15) is 10.5 Å². The van der Waals surface area contributed by atoms with Crippen molar-refractivity contribution >= 4 is 50.4 Å². The molecule has 9 rings (SSSR count). The van der Waals surface area contributed by atoms with Gasteiger partial charge in [-0.3, -0.25) is 0 Å². The molecule has 8 aromatic rings. The molecule has 0 saturated heterocycles. The Labute approximate surface area is 503 Å². The van der Waals surface area contributed by atoms with E-state index in [-0.39, 0.29) is 0 Å². The summed E-state index contributed by atoms with van der Waals surface area (Å²) >= 11 is 0. The van der Waals surface area contributed by atoms with Gasteiger partial charge in [0, 0.05) is 53.9 Å². The molecule has 84 heavy (non-hydrogen) atoms. The van der Waals surface area contributed by atoms with E-state index in [1.807, 2.05) is 74.8 Å². The van der Waals surface area contributed by atoms with Crippen LogP contribution in [0.15, 0.2) is 279 Å². The third-order valence-electron chi connectivity index (χ3n) is 14.0. The molecule has 0 aliphatic heterocycles. The lowest BCUT2D eigenvalue weighted by atomic mass is 10.0. The summed E-state index contributed by atoms with van der Waals surface area (Å²) in [6, 6.07) is 64.6. The molecule has 8 aromatic carbocycles. The summed E-state index contributed by atoms with van der Waals surface area (Å²) in [4.78, 5) is 6.51. The second kappa shape index (κ2) is 34.9. The number of nitrogens with zero attached hydrogens (tertiary/aromatic N) is 5. The Morgan fingerprint density at radius 2 is 1.17 bits per heavy atom. The van der Waals surface area contributed by atoms with Crippen molar-refractivity contribution in [3.8, 4) is 25.0 Å². The average molecular weight is 1100 g/mol. The van der Waals surface area contributed by atoms with Crippen LogP contribution in [-0.2, 0) is 0 Å². The highest BCUT2D eigenvalue weighted by Gasteiger charge is 2.14. The fraction of sp³-hybridized carbons (Fsp3) is 0.165. The van der Waals surface area contributed by atoms with Gasteiger partial charge in [-0.1, -0.05) is 214 Å². The highest BCUT2D eigenvalue weighted by atomic mass is 15.2. The van der Waals surface area contributed by atoms with E-state index >= 15 is 0 Å². The van der Waals surface area contributed by atoms with Crippen molar-refractivity contribution in [2.75, 3.05) is 28.8 Å². The Kier molecular flexibility index (Phi) is 26.9. The van der Waals surface area contributed by atoms with Crippen LogP contribution in [0.25, 0.3) is 27.6 Å². The van der Waals surface area contributed by atoms with Gasteiger partial charge in [-0.05, 0) is 176 Å². The number of benzene rings is 8. The lowest BCUT2D eigenvalue weighted by Crippen LogP contribution is -2.20. The minimum atomic E-state index is 0.550. The van der Waals surface area contributed by atoms with Gasteiger partial charge in [0.15, 0.2) is 0 Å². The predicted molar refractivity (Wildman–Crippen MR) is 365 cm³/mol. The first-order valence-corrected chi connectivity index (χ1v) is 28.5.